The molecule has 0 amide bonds. The molecular weight excluding hydrogens is 287 g/mol. The first kappa shape index (κ1) is 13.9. The highest BCUT2D eigenvalue weighted by Gasteiger charge is 2.09. The highest BCUT2D eigenvalue weighted by atomic mass is 32.1. The molecule has 0 atom stereocenters. The molecule has 3 N–H and O–H groups in total. The molecule has 1 aromatic carbocycles. The normalized spacial score (nSPS) is 11.0. The van der Waals surface area contributed by atoms with Gasteiger partial charge in [0.05, 0.1) is 10.2 Å². The lowest BCUT2D eigenvalue weighted by Gasteiger charge is -2.08. The van der Waals surface area contributed by atoms with Crippen LogP contribution in [0.2, 0.25) is 0 Å². The molecule has 0 fully saturated rings. The van der Waals surface area contributed by atoms with E-state index in [0.717, 1.165) is 27.2 Å². The SMILES string of the molecule is Cc1csc2c(NCc3ccc(CN)cc3F)ncnc12. The van der Waals surface area contributed by atoms with Crippen LogP contribution in [-0.4, -0.2) is 9.97 Å². The number of hydrogen-bond donors (Lipinski definition) is 2. The number of hydrogen-bond acceptors (Lipinski definition) is 5. The van der Waals surface area contributed by atoms with Gasteiger partial charge in [0.2, 0.25) is 0 Å². The second kappa shape index (κ2) is 5.75. The first-order chi connectivity index (χ1) is 10.2. The van der Waals surface area contributed by atoms with Crippen LogP contribution < -0.4 is 11.1 Å². The van der Waals surface area contributed by atoms with Crippen molar-refractivity contribution in [2.24, 2.45) is 5.73 Å². The number of rotatable bonds is 4. The summed E-state index contributed by atoms with van der Waals surface area (Å²) in [6.07, 6.45) is 1.53. The molecule has 6 heteroatoms. The van der Waals surface area contributed by atoms with E-state index in [0.29, 0.717) is 18.7 Å². The van der Waals surface area contributed by atoms with E-state index in [2.05, 4.69) is 15.3 Å². The molecule has 3 rings (SSSR count). The Kier molecular flexibility index (Phi) is 3.81. The van der Waals surface area contributed by atoms with Crippen LogP contribution in [0.15, 0.2) is 29.9 Å². The fourth-order valence-corrected chi connectivity index (χ4v) is 3.10. The quantitative estimate of drug-likeness (QED) is 0.777. The van der Waals surface area contributed by atoms with E-state index in [4.69, 9.17) is 5.73 Å². The zero-order valence-corrected chi connectivity index (χ0v) is 12.4. The number of benzene rings is 1. The molecule has 0 saturated carbocycles. The van der Waals surface area contributed by atoms with Gasteiger partial charge in [0, 0.05) is 18.7 Å². The summed E-state index contributed by atoms with van der Waals surface area (Å²) < 4.78 is 14.9. The number of aryl methyl sites for hydroxylation is 1. The molecule has 0 bridgehead atoms. The lowest BCUT2D eigenvalue weighted by Crippen LogP contribution is -2.05. The van der Waals surface area contributed by atoms with Crippen LogP contribution in [0.5, 0.6) is 0 Å². The van der Waals surface area contributed by atoms with Crippen LogP contribution in [-0.2, 0) is 13.1 Å². The third kappa shape index (κ3) is 2.72. The molecule has 0 aliphatic heterocycles. The summed E-state index contributed by atoms with van der Waals surface area (Å²) in [5, 5.41) is 5.23. The fraction of sp³-hybridized carbons (Fsp3) is 0.200. The lowest BCUT2D eigenvalue weighted by molar-refractivity contribution is 0.610. The summed E-state index contributed by atoms with van der Waals surface area (Å²) in [4.78, 5) is 8.51. The molecular formula is C15H15FN4S. The molecule has 4 nitrogen and oxygen atoms in total. The van der Waals surface area contributed by atoms with E-state index in [9.17, 15) is 4.39 Å². The summed E-state index contributed by atoms with van der Waals surface area (Å²) in [7, 11) is 0. The van der Waals surface area contributed by atoms with Crippen molar-refractivity contribution < 1.29 is 4.39 Å². The number of aromatic nitrogens is 2. The maximum Gasteiger partial charge on any atom is 0.147 e. The number of nitrogens with zero attached hydrogens (tertiary/aromatic N) is 2. The number of halogens is 1. The van der Waals surface area contributed by atoms with Gasteiger partial charge in [-0.1, -0.05) is 12.1 Å². The number of nitrogens with two attached hydrogens (primary N) is 1. The predicted molar refractivity (Wildman–Crippen MR) is 83.8 cm³/mol. The van der Waals surface area contributed by atoms with Crippen molar-refractivity contribution in [1.82, 2.24) is 9.97 Å². The van der Waals surface area contributed by atoms with Crippen LogP contribution in [0.1, 0.15) is 16.7 Å². The van der Waals surface area contributed by atoms with Gasteiger partial charge >= 0.3 is 0 Å². The number of fused-ring (bicyclic) bond motifs is 1. The van der Waals surface area contributed by atoms with Crippen molar-refractivity contribution in [2.45, 2.75) is 20.0 Å². The van der Waals surface area contributed by atoms with Gasteiger partial charge in [-0.05, 0) is 29.5 Å². The van der Waals surface area contributed by atoms with E-state index in [1.165, 1.54) is 12.4 Å². The Morgan fingerprint density at radius 2 is 2.19 bits per heavy atom. The first-order valence-corrected chi connectivity index (χ1v) is 7.47. The van der Waals surface area contributed by atoms with Crippen LogP contribution in [0, 0.1) is 12.7 Å². The third-order valence-corrected chi connectivity index (χ3v) is 4.42. The highest BCUT2D eigenvalue weighted by Crippen LogP contribution is 2.28. The lowest BCUT2D eigenvalue weighted by atomic mass is 10.1. The monoisotopic (exact) mass is 302 g/mol. The number of thiophene rings is 1. The van der Waals surface area contributed by atoms with Crippen molar-refractivity contribution in [1.29, 1.82) is 0 Å². The summed E-state index contributed by atoms with van der Waals surface area (Å²) in [5.74, 6) is 0.485. The minimum absolute atomic E-state index is 0.252. The van der Waals surface area contributed by atoms with Crippen LogP contribution >= 0.6 is 11.3 Å². The molecule has 0 radical (unpaired) electrons. The molecule has 2 aromatic heterocycles. The van der Waals surface area contributed by atoms with Gasteiger partial charge in [0.1, 0.15) is 18.0 Å². The van der Waals surface area contributed by atoms with Gasteiger partial charge in [0.15, 0.2) is 0 Å². The third-order valence-electron chi connectivity index (χ3n) is 3.33. The van der Waals surface area contributed by atoms with Crippen molar-refractivity contribution in [3.8, 4) is 0 Å². The Labute approximate surface area is 125 Å². The Hall–Kier alpha value is -2.05. The summed E-state index contributed by atoms with van der Waals surface area (Å²) >= 11 is 1.59. The van der Waals surface area contributed by atoms with E-state index >= 15 is 0 Å². The Bertz CT molecular complexity index is 784. The molecule has 0 unspecified atom stereocenters. The van der Waals surface area contributed by atoms with Gasteiger partial charge < -0.3 is 11.1 Å². The Morgan fingerprint density at radius 1 is 1.33 bits per heavy atom. The van der Waals surface area contributed by atoms with Crippen molar-refractivity contribution in [2.75, 3.05) is 5.32 Å². The summed E-state index contributed by atoms with van der Waals surface area (Å²) in [6, 6.07) is 5.06. The second-order valence-electron chi connectivity index (χ2n) is 4.80. The minimum Gasteiger partial charge on any atom is -0.365 e. The molecule has 0 aliphatic carbocycles. The van der Waals surface area contributed by atoms with Gasteiger partial charge in [0.25, 0.3) is 0 Å². The van der Waals surface area contributed by atoms with Crippen LogP contribution in [0.4, 0.5) is 10.2 Å². The molecule has 0 saturated heterocycles. The largest absolute Gasteiger partial charge is 0.365 e. The van der Waals surface area contributed by atoms with Crippen molar-refractivity contribution in [3.05, 3.63) is 52.4 Å². The van der Waals surface area contributed by atoms with Crippen LogP contribution in [0.3, 0.4) is 0 Å². The second-order valence-corrected chi connectivity index (χ2v) is 5.68. The van der Waals surface area contributed by atoms with E-state index in [1.807, 2.05) is 18.4 Å². The summed E-state index contributed by atoms with van der Waals surface area (Å²) in [5.41, 5.74) is 8.94. The maximum absolute atomic E-state index is 13.9. The van der Waals surface area contributed by atoms with Gasteiger partial charge in [-0.25, -0.2) is 14.4 Å². The topological polar surface area (TPSA) is 63.8 Å². The maximum atomic E-state index is 13.9. The van der Waals surface area contributed by atoms with Gasteiger partial charge in [-0.3, -0.25) is 0 Å². The molecule has 3 aromatic rings. The Balaban J connectivity index is 1.83. The van der Waals surface area contributed by atoms with Gasteiger partial charge in [-0.15, -0.1) is 11.3 Å². The molecule has 0 spiro atoms. The van der Waals surface area contributed by atoms with Gasteiger partial charge in [-0.2, -0.15) is 0 Å². The molecule has 0 aliphatic rings. The number of nitrogens with one attached hydrogen (secondary N) is 1. The van der Waals surface area contributed by atoms with Crippen LogP contribution in [0.25, 0.3) is 10.2 Å². The standard InChI is InChI=1S/C15H15FN4S/c1-9-7-21-14-13(9)19-8-20-15(14)18-6-11-3-2-10(5-17)4-12(11)16/h2-4,7-8H,5-6,17H2,1H3,(H,18,19,20). The first-order valence-electron chi connectivity index (χ1n) is 6.59. The molecule has 108 valence electrons. The number of anilines is 1. The predicted octanol–water partition coefficient (Wildman–Crippen LogP) is 3.21. The zero-order chi connectivity index (χ0) is 14.8. The zero-order valence-electron chi connectivity index (χ0n) is 11.6. The van der Waals surface area contributed by atoms with E-state index in [1.54, 1.807) is 17.4 Å². The average Bonchev–Trinajstić information content (AvgIpc) is 2.88. The summed E-state index contributed by atoms with van der Waals surface area (Å²) in [6.45, 7) is 2.73. The van der Waals surface area contributed by atoms with Crippen molar-refractivity contribution in [3.63, 3.8) is 0 Å². The fourth-order valence-electron chi connectivity index (χ4n) is 2.14. The molecule has 21 heavy (non-hydrogen) atoms. The molecule has 2 heterocycles. The Morgan fingerprint density at radius 3 is 2.95 bits per heavy atom. The van der Waals surface area contributed by atoms with E-state index in [-0.39, 0.29) is 5.82 Å². The van der Waals surface area contributed by atoms with Crippen molar-refractivity contribution >= 4 is 27.4 Å². The average molecular weight is 302 g/mol. The smallest absolute Gasteiger partial charge is 0.147 e. The minimum atomic E-state index is -0.252. The highest BCUT2D eigenvalue weighted by molar-refractivity contribution is 7.18. The van der Waals surface area contributed by atoms with E-state index < -0.39 is 0 Å².